The second-order valence-corrected chi connectivity index (χ2v) is 7.43. The maximum atomic E-state index is 13.0. The first-order valence-corrected chi connectivity index (χ1v) is 8.50. The number of amides is 2. The molecule has 0 atom stereocenters. The molecule has 4 nitrogen and oxygen atoms in total. The fraction of sp³-hybridized carbons (Fsp3) is 0.263. The molecule has 0 spiro atoms. The van der Waals surface area contributed by atoms with Gasteiger partial charge >= 0.3 is 0 Å². The first kappa shape index (κ1) is 19.3. The molecule has 0 saturated carbocycles. The summed E-state index contributed by atoms with van der Waals surface area (Å²) in [6.07, 6.45) is 0. The number of hydrazine groups is 1. The van der Waals surface area contributed by atoms with Gasteiger partial charge in [-0.2, -0.15) is 4.53 Å². The molecule has 0 aliphatic rings. The van der Waals surface area contributed by atoms with Gasteiger partial charge in [-0.15, -0.1) is 0 Å². The number of hydrogen-bond donors (Lipinski definition) is 0. The van der Waals surface area contributed by atoms with Crippen molar-refractivity contribution in [1.29, 1.82) is 0 Å². The Bertz CT molecular complexity index is 783. The summed E-state index contributed by atoms with van der Waals surface area (Å²) in [5.41, 5.74) is 0.903. The first-order chi connectivity index (χ1) is 11.6. The van der Waals surface area contributed by atoms with E-state index in [2.05, 4.69) is 0 Å². The fourth-order valence-corrected chi connectivity index (χ4v) is 2.88. The van der Waals surface area contributed by atoms with E-state index in [9.17, 15) is 9.59 Å². The van der Waals surface area contributed by atoms with Gasteiger partial charge in [0, 0.05) is 27.9 Å². The third kappa shape index (κ3) is 4.33. The van der Waals surface area contributed by atoms with Crippen molar-refractivity contribution >= 4 is 35.2 Å². The molecule has 6 heteroatoms. The molecule has 0 aliphatic heterocycles. The molecular formula is C19H20Cl2N2O2. The summed E-state index contributed by atoms with van der Waals surface area (Å²) in [7, 11) is 0. The lowest BCUT2D eigenvalue weighted by Gasteiger charge is -2.39. The zero-order valence-electron chi connectivity index (χ0n) is 14.6. The first-order valence-electron chi connectivity index (χ1n) is 7.79. The second kappa shape index (κ2) is 7.46. The monoisotopic (exact) mass is 378 g/mol. The molecule has 2 rings (SSSR count). The van der Waals surface area contributed by atoms with E-state index in [0.717, 1.165) is 10.1 Å². The lowest BCUT2D eigenvalue weighted by Crippen LogP contribution is -2.54. The van der Waals surface area contributed by atoms with Gasteiger partial charge in [-0.1, -0.05) is 29.8 Å². The van der Waals surface area contributed by atoms with Gasteiger partial charge in [0.25, 0.3) is 11.8 Å². The van der Waals surface area contributed by atoms with Crippen molar-refractivity contribution in [1.82, 2.24) is 9.54 Å². The van der Waals surface area contributed by atoms with Crippen LogP contribution in [0.2, 0.25) is 5.02 Å². The van der Waals surface area contributed by atoms with Crippen LogP contribution in [0, 0.1) is 6.92 Å². The molecule has 0 bridgehead atoms. The molecule has 0 aromatic heterocycles. The molecule has 2 aromatic carbocycles. The number of rotatable bonds is 2. The summed E-state index contributed by atoms with van der Waals surface area (Å²) in [4.78, 5) is 25.8. The molecule has 0 heterocycles. The van der Waals surface area contributed by atoms with Crippen LogP contribution in [0.5, 0.6) is 0 Å². The summed E-state index contributed by atoms with van der Waals surface area (Å²) in [6, 6.07) is 13.5. The number of carbonyl (C=O) groups is 2. The van der Waals surface area contributed by atoms with Crippen LogP contribution in [0.25, 0.3) is 0 Å². The molecule has 0 fully saturated rings. The largest absolute Gasteiger partial charge is 0.288 e. The van der Waals surface area contributed by atoms with Gasteiger partial charge in [-0.25, -0.2) is 5.01 Å². The minimum absolute atomic E-state index is 0.388. The molecular weight excluding hydrogens is 359 g/mol. The number of nitrogens with zero attached hydrogens (tertiary/aromatic N) is 2. The van der Waals surface area contributed by atoms with Crippen LogP contribution in [-0.4, -0.2) is 26.9 Å². The second-order valence-electron chi connectivity index (χ2n) is 6.67. The van der Waals surface area contributed by atoms with E-state index in [-0.39, 0.29) is 5.91 Å². The summed E-state index contributed by atoms with van der Waals surface area (Å²) in [6.45, 7) is 7.24. The van der Waals surface area contributed by atoms with Crippen molar-refractivity contribution in [2.45, 2.75) is 33.2 Å². The van der Waals surface area contributed by atoms with E-state index < -0.39 is 11.4 Å². The number of carbonyl (C=O) groups excluding carboxylic acids is 2. The smallest absolute Gasteiger partial charge is 0.267 e. The van der Waals surface area contributed by atoms with Gasteiger partial charge in [0.1, 0.15) is 0 Å². The molecule has 0 N–H and O–H groups in total. The van der Waals surface area contributed by atoms with Crippen LogP contribution < -0.4 is 0 Å². The van der Waals surface area contributed by atoms with Crippen molar-refractivity contribution in [3.8, 4) is 0 Å². The van der Waals surface area contributed by atoms with E-state index in [1.54, 1.807) is 57.2 Å². The highest BCUT2D eigenvalue weighted by Crippen LogP contribution is 2.25. The summed E-state index contributed by atoms with van der Waals surface area (Å²) >= 11 is 12.2. The van der Waals surface area contributed by atoms with Gasteiger partial charge in [0.15, 0.2) is 0 Å². The molecule has 2 aromatic rings. The van der Waals surface area contributed by atoms with Crippen LogP contribution >= 0.6 is 23.4 Å². The predicted molar refractivity (Wildman–Crippen MR) is 101 cm³/mol. The minimum Gasteiger partial charge on any atom is -0.267 e. The van der Waals surface area contributed by atoms with Gasteiger partial charge in [0.05, 0.1) is 5.54 Å². The van der Waals surface area contributed by atoms with Crippen molar-refractivity contribution in [2.75, 3.05) is 0 Å². The van der Waals surface area contributed by atoms with Gasteiger partial charge in [-0.05, 0) is 63.6 Å². The van der Waals surface area contributed by atoms with Crippen molar-refractivity contribution in [2.24, 2.45) is 0 Å². The number of hydrogen-bond acceptors (Lipinski definition) is 2. The molecule has 25 heavy (non-hydrogen) atoms. The lowest BCUT2D eigenvalue weighted by molar-refractivity contribution is -0.00374. The minimum atomic E-state index is -0.711. The van der Waals surface area contributed by atoms with Crippen molar-refractivity contribution < 1.29 is 9.59 Å². The maximum absolute atomic E-state index is 13.0. The SMILES string of the molecule is Cc1ccccc1C(=O)N(Cl)N(C(=O)c1ccc(Cl)cc1)C(C)(C)C. The van der Waals surface area contributed by atoms with Gasteiger partial charge in [-0.3, -0.25) is 9.59 Å². The fourth-order valence-electron chi connectivity index (χ4n) is 2.37. The Morgan fingerprint density at radius 3 is 2.00 bits per heavy atom. The summed E-state index contributed by atoms with van der Waals surface area (Å²) in [5.74, 6) is -0.849. The average Bonchev–Trinajstić information content (AvgIpc) is 2.54. The van der Waals surface area contributed by atoms with Crippen LogP contribution in [0.1, 0.15) is 47.1 Å². The molecule has 0 saturated heterocycles. The summed E-state index contributed by atoms with van der Waals surface area (Å²) in [5, 5.41) is 1.77. The van der Waals surface area contributed by atoms with Crippen LogP contribution in [-0.2, 0) is 0 Å². The third-order valence-electron chi connectivity index (χ3n) is 3.64. The Kier molecular flexibility index (Phi) is 5.76. The number of halogens is 2. The van der Waals surface area contributed by atoms with Gasteiger partial charge in [0.2, 0.25) is 0 Å². The Balaban J connectivity index is 2.40. The normalized spacial score (nSPS) is 11.1. The Hall–Kier alpha value is -2.04. The quantitative estimate of drug-likeness (QED) is 0.538. The van der Waals surface area contributed by atoms with E-state index in [0.29, 0.717) is 16.1 Å². The molecule has 2 amide bonds. The number of benzene rings is 2. The summed E-state index contributed by atoms with van der Waals surface area (Å²) < 4.78 is 0.860. The molecule has 0 unspecified atom stereocenters. The third-order valence-corrected chi connectivity index (χ3v) is 4.19. The van der Waals surface area contributed by atoms with E-state index >= 15 is 0 Å². The highest BCUT2D eigenvalue weighted by Gasteiger charge is 2.35. The van der Waals surface area contributed by atoms with Crippen molar-refractivity contribution in [3.05, 3.63) is 70.2 Å². The van der Waals surface area contributed by atoms with Crippen LogP contribution in [0.15, 0.2) is 48.5 Å². The van der Waals surface area contributed by atoms with Crippen LogP contribution in [0.4, 0.5) is 0 Å². The van der Waals surface area contributed by atoms with Crippen molar-refractivity contribution in [3.63, 3.8) is 0 Å². The standard InChI is InChI=1S/C19H20Cl2N2O2/c1-13-7-5-6-8-16(13)18(25)23(21)22(19(2,3)4)17(24)14-9-11-15(20)12-10-14/h5-12H,1-4H3. The zero-order valence-corrected chi connectivity index (χ0v) is 16.1. The topological polar surface area (TPSA) is 40.6 Å². The van der Waals surface area contributed by atoms with Crippen LogP contribution in [0.3, 0.4) is 0 Å². The highest BCUT2D eigenvalue weighted by molar-refractivity contribution is 6.30. The average molecular weight is 379 g/mol. The van der Waals surface area contributed by atoms with E-state index in [4.69, 9.17) is 23.4 Å². The Labute approximate surface area is 158 Å². The lowest BCUT2D eigenvalue weighted by atomic mass is 10.1. The Morgan fingerprint density at radius 1 is 0.920 bits per heavy atom. The predicted octanol–water partition coefficient (Wildman–Crippen LogP) is 5.10. The number of aryl methyl sites for hydroxylation is 1. The molecule has 0 radical (unpaired) electrons. The molecule has 0 aliphatic carbocycles. The zero-order chi connectivity index (χ0) is 18.8. The maximum Gasteiger partial charge on any atom is 0.288 e. The Morgan fingerprint density at radius 2 is 1.48 bits per heavy atom. The van der Waals surface area contributed by atoms with E-state index in [1.807, 2.05) is 19.1 Å². The molecule has 132 valence electrons. The highest BCUT2D eigenvalue weighted by atomic mass is 35.5. The van der Waals surface area contributed by atoms with Gasteiger partial charge < -0.3 is 0 Å². The van der Waals surface area contributed by atoms with E-state index in [1.165, 1.54) is 5.01 Å².